The first-order valence-corrected chi connectivity index (χ1v) is 6.37. The van der Waals surface area contributed by atoms with Gasteiger partial charge in [0.05, 0.1) is 23.4 Å². The molecule has 0 atom stereocenters. The van der Waals surface area contributed by atoms with Crippen LogP contribution in [-0.2, 0) is 6.54 Å². The van der Waals surface area contributed by atoms with E-state index in [1.54, 1.807) is 22.3 Å². The topological polar surface area (TPSA) is 55.6 Å². The lowest BCUT2D eigenvalue weighted by Gasteiger charge is -2.10. The third-order valence-electron chi connectivity index (χ3n) is 2.51. The molecule has 18 heavy (non-hydrogen) atoms. The van der Waals surface area contributed by atoms with Crippen molar-refractivity contribution >= 4 is 17.0 Å². The number of nitrogens with one attached hydrogen (secondary N) is 1. The van der Waals surface area contributed by atoms with Crippen molar-refractivity contribution in [2.24, 2.45) is 0 Å². The second-order valence-electron chi connectivity index (χ2n) is 3.68. The first-order valence-electron chi connectivity index (χ1n) is 5.49. The van der Waals surface area contributed by atoms with Crippen LogP contribution in [-0.4, -0.2) is 19.7 Å². The van der Waals surface area contributed by atoms with E-state index in [1.165, 1.54) is 11.2 Å². The number of anilines is 1. The molecule has 5 nitrogen and oxygen atoms in total. The van der Waals surface area contributed by atoms with Gasteiger partial charge in [0.25, 0.3) is 0 Å². The fourth-order valence-electron chi connectivity index (χ4n) is 1.67. The molecule has 0 saturated carbocycles. The van der Waals surface area contributed by atoms with Crippen LogP contribution in [0.4, 0.5) is 5.69 Å². The minimum Gasteiger partial charge on any atom is -0.378 e. The minimum absolute atomic E-state index is 0.760. The monoisotopic (exact) mass is 257 g/mol. The average Bonchev–Trinajstić information content (AvgIpc) is 3.10. The fourth-order valence-corrected chi connectivity index (χ4v) is 2.20. The third kappa shape index (κ3) is 2.23. The lowest BCUT2D eigenvalue weighted by atomic mass is 10.2. The number of nitrogens with zero attached hydrogens (tertiary/aromatic N) is 4. The Bertz CT molecular complexity index is 603. The van der Waals surface area contributed by atoms with E-state index in [-0.39, 0.29) is 0 Å². The van der Waals surface area contributed by atoms with Crippen molar-refractivity contribution in [3.63, 3.8) is 0 Å². The summed E-state index contributed by atoms with van der Waals surface area (Å²) in [6, 6.07) is 8.01. The van der Waals surface area contributed by atoms with Crippen LogP contribution >= 0.6 is 11.3 Å². The van der Waals surface area contributed by atoms with Gasteiger partial charge in [0.15, 0.2) is 0 Å². The summed E-state index contributed by atoms with van der Waals surface area (Å²) >= 11 is 1.64. The van der Waals surface area contributed by atoms with Crippen LogP contribution in [0.3, 0.4) is 0 Å². The number of hydrogen-bond donors (Lipinski definition) is 1. The Kier molecular flexibility index (Phi) is 3.01. The van der Waals surface area contributed by atoms with E-state index in [1.807, 2.05) is 36.0 Å². The van der Waals surface area contributed by atoms with Gasteiger partial charge >= 0.3 is 0 Å². The van der Waals surface area contributed by atoms with Crippen molar-refractivity contribution in [2.75, 3.05) is 5.32 Å². The summed E-state index contributed by atoms with van der Waals surface area (Å²) in [6.45, 7) is 0.760. The Morgan fingerprint density at radius 3 is 2.94 bits per heavy atom. The SMILES string of the molecule is c1ccc(-n2cncn2)c(NCc2cncs2)c1. The Labute approximate surface area is 108 Å². The largest absolute Gasteiger partial charge is 0.378 e. The Morgan fingerprint density at radius 1 is 1.22 bits per heavy atom. The second-order valence-corrected chi connectivity index (χ2v) is 4.65. The molecule has 0 saturated heterocycles. The van der Waals surface area contributed by atoms with Crippen LogP contribution < -0.4 is 5.32 Å². The van der Waals surface area contributed by atoms with E-state index in [9.17, 15) is 0 Å². The van der Waals surface area contributed by atoms with Crippen molar-refractivity contribution in [2.45, 2.75) is 6.54 Å². The summed E-state index contributed by atoms with van der Waals surface area (Å²) in [4.78, 5) is 9.22. The Morgan fingerprint density at radius 2 is 2.17 bits per heavy atom. The maximum absolute atomic E-state index is 4.15. The van der Waals surface area contributed by atoms with Gasteiger partial charge in [-0.3, -0.25) is 4.98 Å². The van der Waals surface area contributed by atoms with Gasteiger partial charge in [-0.25, -0.2) is 9.67 Å². The summed E-state index contributed by atoms with van der Waals surface area (Å²) in [5.74, 6) is 0. The van der Waals surface area contributed by atoms with Crippen molar-refractivity contribution < 1.29 is 0 Å². The van der Waals surface area contributed by atoms with Gasteiger partial charge in [0, 0.05) is 11.1 Å². The smallest absolute Gasteiger partial charge is 0.138 e. The first kappa shape index (κ1) is 10.9. The van der Waals surface area contributed by atoms with Crippen molar-refractivity contribution in [3.8, 4) is 5.69 Å². The summed E-state index contributed by atoms with van der Waals surface area (Å²) in [5, 5.41) is 7.53. The average molecular weight is 257 g/mol. The fraction of sp³-hybridized carbons (Fsp3) is 0.0833. The molecule has 0 aliphatic heterocycles. The Balaban J connectivity index is 1.84. The molecule has 3 rings (SSSR count). The lowest BCUT2D eigenvalue weighted by Crippen LogP contribution is -2.03. The predicted octanol–water partition coefficient (Wildman–Crippen LogP) is 2.34. The van der Waals surface area contributed by atoms with Gasteiger partial charge in [-0.1, -0.05) is 12.1 Å². The number of hydrogen-bond acceptors (Lipinski definition) is 5. The van der Waals surface area contributed by atoms with Crippen molar-refractivity contribution in [1.29, 1.82) is 0 Å². The maximum atomic E-state index is 4.15. The second kappa shape index (κ2) is 4.97. The van der Waals surface area contributed by atoms with Gasteiger partial charge < -0.3 is 5.32 Å². The Hall–Kier alpha value is -2.21. The standard InChI is InChI=1S/C12H11N5S/c1-2-4-12(17-8-14-7-16-17)11(3-1)15-6-10-5-13-9-18-10/h1-5,7-9,15H,6H2. The number of aromatic nitrogens is 4. The zero-order chi connectivity index (χ0) is 12.2. The summed E-state index contributed by atoms with van der Waals surface area (Å²) < 4.78 is 1.75. The van der Waals surface area contributed by atoms with Crippen LogP contribution in [0, 0.1) is 0 Å². The van der Waals surface area contributed by atoms with Gasteiger partial charge in [-0.05, 0) is 12.1 Å². The van der Waals surface area contributed by atoms with E-state index in [0.29, 0.717) is 0 Å². The van der Waals surface area contributed by atoms with Gasteiger partial charge in [0.1, 0.15) is 12.7 Å². The molecule has 0 aliphatic carbocycles. The zero-order valence-corrected chi connectivity index (χ0v) is 10.3. The molecule has 2 heterocycles. The highest BCUT2D eigenvalue weighted by molar-refractivity contribution is 7.09. The molecule has 0 fully saturated rings. The number of benzene rings is 1. The summed E-state index contributed by atoms with van der Waals surface area (Å²) in [5.41, 5.74) is 3.84. The summed E-state index contributed by atoms with van der Waals surface area (Å²) in [7, 11) is 0. The lowest BCUT2D eigenvalue weighted by molar-refractivity contribution is 0.878. The molecular weight excluding hydrogens is 246 g/mol. The molecule has 6 heteroatoms. The van der Waals surface area contributed by atoms with E-state index in [4.69, 9.17) is 0 Å². The molecule has 2 aromatic heterocycles. The van der Waals surface area contributed by atoms with E-state index in [0.717, 1.165) is 17.9 Å². The van der Waals surface area contributed by atoms with E-state index >= 15 is 0 Å². The maximum Gasteiger partial charge on any atom is 0.138 e. The molecule has 3 aromatic rings. The third-order valence-corrected chi connectivity index (χ3v) is 3.29. The molecule has 0 spiro atoms. The molecule has 90 valence electrons. The highest BCUT2D eigenvalue weighted by Crippen LogP contribution is 2.19. The van der Waals surface area contributed by atoms with Crippen LogP contribution in [0.25, 0.3) is 5.69 Å². The van der Waals surface area contributed by atoms with E-state index in [2.05, 4.69) is 20.4 Å². The number of para-hydroxylation sites is 2. The highest BCUT2D eigenvalue weighted by Gasteiger charge is 2.04. The van der Waals surface area contributed by atoms with Gasteiger partial charge in [0.2, 0.25) is 0 Å². The van der Waals surface area contributed by atoms with Crippen LogP contribution in [0.15, 0.2) is 48.6 Å². The summed E-state index contributed by atoms with van der Waals surface area (Å²) in [6.07, 6.45) is 5.09. The molecule has 0 bridgehead atoms. The molecule has 0 radical (unpaired) electrons. The predicted molar refractivity (Wildman–Crippen MR) is 70.8 cm³/mol. The minimum atomic E-state index is 0.760. The molecule has 0 aliphatic rings. The molecule has 1 N–H and O–H groups in total. The molecule has 1 aromatic carbocycles. The van der Waals surface area contributed by atoms with E-state index < -0.39 is 0 Å². The first-order chi connectivity index (χ1) is 8.93. The molecule has 0 unspecified atom stereocenters. The van der Waals surface area contributed by atoms with Crippen molar-refractivity contribution in [1.82, 2.24) is 19.7 Å². The normalized spacial score (nSPS) is 10.4. The number of thiazole rings is 1. The number of rotatable bonds is 4. The van der Waals surface area contributed by atoms with Crippen LogP contribution in [0.1, 0.15) is 4.88 Å². The molecule has 0 amide bonds. The van der Waals surface area contributed by atoms with Gasteiger partial charge in [-0.2, -0.15) is 5.10 Å². The quantitative estimate of drug-likeness (QED) is 0.779. The zero-order valence-electron chi connectivity index (χ0n) is 9.52. The van der Waals surface area contributed by atoms with Crippen molar-refractivity contribution in [3.05, 3.63) is 53.5 Å². The molecular formula is C12H11N5S. The van der Waals surface area contributed by atoms with Gasteiger partial charge in [-0.15, -0.1) is 11.3 Å². The highest BCUT2D eigenvalue weighted by atomic mass is 32.1. The van der Waals surface area contributed by atoms with Crippen LogP contribution in [0.5, 0.6) is 0 Å². The van der Waals surface area contributed by atoms with Crippen LogP contribution in [0.2, 0.25) is 0 Å².